The van der Waals surface area contributed by atoms with Crippen molar-refractivity contribution in [2.24, 2.45) is 41.4 Å². The number of halogens is 2. The van der Waals surface area contributed by atoms with Gasteiger partial charge in [0.15, 0.2) is 0 Å². The second-order valence-corrected chi connectivity index (χ2v) is 8.12. The normalized spacial score (nSPS) is 85.5. The van der Waals surface area contributed by atoms with E-state index in [2.05, 4.69) is 31.9 Å². The molecule has 0 heterocycles. The van der Waals surface area contributed by atoms with E-state index in [-0.39, 0.29) is 5.60 Å². The van der Waals surface area contributed by atoms with Gasteiger partial charge in [-0.15, -0.1) is 0 Å². The molecule has 6 saturated carbocycles. The third-order valence-corrected chi connectivity index (χ3v) is 8.84. The van der Waals surface area contributed by atoms with Crippen molar-refractivity contribution in [3.8, 4) is 0 Å². The summed E-state index contributed by atoms with van der Waals surface area (Å²) in [5.41, 5.74) is -0.328. The Morgan fingerprint density at radius 3 is 2.50 bits per heavy atom. The smallest absolute Gasteiger partial charge is 0.0850 e. The van der Waals surface area contributed by atoms with Crippen LogP contribution in [-0.2, 0) is 0 Å². The van der Waals surface area contributed by atoms with Gasteiger partial charge in [0.25, 0.3) is 0 Å². The minimum absolute atomic E-state index is 0.328. The fourth-order valence-corrected chi connectivity index (χ4v) is 9.32. The summed E-state index contributed by atoms with van der Waals surface area (Å²) in [7, 11) is 0. The molecule has 0 aromatic rings. The van der Waals surface area contributed by atoms with Crippen molar-refractivity contribution in [3.63, 3.8) is 0 Å². The summed E-state index contributed by atoms with van der Waals surface area (Å²) < 4.78 is 0. The number of aliphatic hydroxyl groups is 1. The van der Waals surface area contributed by atoms with Crippen LogP contribution in [0.25, 0.3) is 0 Å². The zero-order valence-corrected chi connectivity index (χ0v) is 10.8. The fourth-order valence-electron chi connectivity index (χ4n) is 6.47. The van der Waals surface area contributed by atoms with E-state index in [9.17, 15) is 5.11 Å². The Labute approximate surface area is 99.9 Å². The zero-order chi connectivity index (χ0) is 9.40. The number of alkyl halides is 2. The molecule has 3 heteroatoms. The minimum Gasteiger partial charge on any atom is -0.388 e. The number of hydrogen-bond acceptors (Lipinski definition) is 1. The van der Waals surface area contributed by atoms with E-state index in [0.29, 0.717) is 21.5 Å². The van der Waals surface area contributed by atoms with Gasteiger partial charge in [-0.2, -0.15) is 0 Å². The Kier molecular flexibility index (Phi) is 1.10. The van der Waals surface area contributed by atoms with Crippen molar-refractivity contribution in [2.75, 3.05) is 0 Å². The first kappa shape index (κ1) is 8.08. The van der Waals surface area contributed by atoms with E-state index in [1.165, 1.54) is 6.42 Å². The summed E-state index contributed by atoms with van der Waals surface area (Å²) in [6.45, 7) is 0. The van der Waals surface area contributed by atoms with Gasteiger partial charge in [0.05, 0.1) is 5.60 Å². The molecule has 6 bridgehead atoms. The first-order valence-electron chi connectivity index (χ1n) is 5.68. The van der Waals surface area contributed by atoms with Crippen molar-refractivity contribution in [1.29, 1.82) is 0 Å². The van der Waals surface area contributed by atoms with Crippen molar-refractivity contribution in [1.82, 2.24) is 0 Å². The lowest BCUT2D eigenvalue weighted by Gasteiger charge is -2.38. The Morgan fingerprint density at radius 1 is 1.00 bits per heavy atom. The van der Waals surface area contributed by atoms with Crippen LogP contribution in [0.3, 0.4) is 0 Å². The van der Waals surface area contributed by atoms with Gasteiger partial charge in [-0.3, -0.25) is 0 Å². The molecule has 0 saturated heterocycles. The van der Waals surface area contributed by atoms with Gasteiger partial charge < -0.3 is 5.11 Å². The Balaban J connectivity index is 1.88. The maximum absolute atomic E-state index is 10.9. The van der Waals surface area contributed by atoms with Crippen LogP contribution in [0, 0.1) is 41.4 Å². The predicted octanol–water partition coefficient (Wildman–Crippen LogP) is 2.02. The molecule has 6 aliphatic rings. The zero-order valence-electron chi connectivity index (χ0n) is 7.61. The molecule has 6 fully saturated rings. The first-order chi connectivity index (χ1) is 6.67. The highest BCUT2D eigenvalue weighted by atomic mass is 79.9. The standard InChI is InChI=1S/C11H12Br2O/c12-9-6-2-1-3-5-4(2)8(9)11(14,7(3)6)10(5)13/h2-10,14H,1H2/t2-,3+,4-,5-,6+,7+,8-,9-,10+,11+/m0/s1. The van der Waals surface area contributed by atoms with Gasteiger partial charge in [-0.25, -0.2) is 0 Å². The Hall–Kier alpha value is 0.920. The number of hydrogen-bond donors (Lipinski definition) is 1. The van der Waals surface area contributed by atoms with E-state index in [0.717, 1.165) is 29.6 Å². The maximum atomic E-state index is 10.9. The highest BCUT2D eigenvalue weighted by Crippen LogP contribution is 2.85. The molecular weight excluding hydrogens is 308 g/mol. The molecule has 1 nitrogen and oxygen atoms in total. The molecule has 14 heavy (non-hydrogen) atoms. The third kappa shape index (κ3) is 0.464. The van der Waals surface area contributed by atoms with E-state index >= 15 is 0 Å². The second-order valence-electron chi connectivity index (χ2n) is 6.08. The molecule has 0 radical (unpaired) electrons. The molecule has 0 aliphatic heterocycles. The van der Waals surface area contributed by atoms with Crippen LogP contribution in [0.1, 0.15) is 6.42 Å². The van der Waals surface area contributed by atoms with Crippen LogP contribution < -0.4 is 0 Å². The molecule has 0 aromatic heterocycles. The van der Waals surface area contributed by atoms with Crippen LogP contribution in [-0.4, -0.2) is 20.4 Å². The highest BCUT2D eigenvalue weighted by molar-refractivity contribution is 9.10. The first-order valence-corrected chi connectivity index (χ1v) is 7.51. The predicted molar refractivity (Wildman–Crippen MR) is 59.4 cm³/mol. The van der Waals surface area contributed by atoms with E-state index in [4.69, 9.17) is 0 Å². The van der Waals surface area contributed by atoms with Crippen LogP contribution in [0.4, 0.5) is 0 Å². The quantitative estimate of drug-likeness (QED) is 0.677. The number of rotatable bonds is 0. The highest BCUT2D eigenvalue weighted by Gasteiger charge is 2.88. The summed E-state index contributed by atoms with van der Waals surface area (Å²) in [4.78, 5) is 1.04. The van der Waals surface area contributed by atoms with Crippen molar-refractivity contribution >= 4 is 31.9 Å². The lowest BCUT2D eigenvalue weighted by molar-refractivity contribution is -0.0511. The summed E-state index contributed by atoms with van der Waals surface area (Å²) in [5.74, 6) is 5.54. The maximum Gasteiger partial charge on any atom is 0.0850 e. The van der Waals surface area contributed by atoms with Gasteiger partial charge in [-0.05, 0) is 41.9 Å². The third-order valence-electron chi connectivity index (χ3n) is 6.32. The average molecular weight is 320 g/mol. The lowest BCUT2D eigenvalue weighted by atomic mass is 9.69. The van der Waals surface area contributed by atoms with Crippen LogP contribution in [0.2, 0.25) is 0 Å². The fraction of sp³-hybridized carbons (Fsp3) is 1.00. The SMILES string of the molecule is O[C@]12[C@@H]3[C@@H](Br)[C@@H]4[C@H]5C[C@H]([C@@H]([C@H]53)[C@H]1Br)[C@H]42. The molecule has 0 amide bonds. The van der Waals surface area contributed by atoms with Gasteiger partial charge >= 0.3 is 0 Å². The molecule has 6 aliphatic carbocycles. The molecule has 0 spiro atoms. The summed E-state index contributed by atoms with van der Waals surface area (Å²) in [6.07, 6.45) is 1.42. The van der Waals surface area contributed by atoms with Crippen LogP contribution >= 0.6 is 31.9 Å². The van der Waals surface area contributed by atoms with E-state index < -0.39 is 0 Å². The summed E-state index contributed by atoms with van der Waals surface area (Å²) >= 11 is 7.67. The topological polar surface area (TPSA) is 20.2 Å². The van der Waals surface area contributed by atoms with Gasteiger partial charge in [0.1, 0.15) is 0 Å². The average Bonchev–Trinajstić information content (AvgIpc) is 2.81. The van der Waals surface area contributed by atoms with Gasteiger partial charge in [0.2, 0.25) is 0 Å². The lowest BCUT2D eigenvalue weighted by Crippen LogP contribution is -2.45. The van der Waals surface area contributed by atoms with Crippen molar-refractivity contribution < 1.29 is 5.11 Å². The van der Waals surface area contributed by atoms with Crippen molar-refractivity contribution in [2.45, 2.75) is 21.7 Å². The molecule has 76 valence electrons. The summed E-state index contributed by atoms with van der Waals surface area (Å²) in [5, 5.41) is 10.9. The van der Waals surface area contributed by atoms with E-state index in [1.54, 1.807) is 0 Å². The largest absolute Gasteiger partial charge is 0.388 e. The molecule has 0 aromatic carbocycles. The van der Waals surface area contributed by atoms with Crippen molar-refractivity contribution in [3.05, 3.63) is 0 Å². The molecular formula is C11H12Br2O. The molecule has 0 unspecified atom stereocenters. The van der Waals surface area contributed by atoms with E-state index in [1.807, 2.05) is 0 Å². The Bertz CT molecular complexity index is 353. The second kappa shape index (κ2) is 1.91. The Morgan fingerprint density at radius 2 is 1.79 bits per heavy atom. The summed E-state index contributed by atoms with van der Waals surface area (Å²) in [6, 6.07) is 0. The van der Waals surface area contributed by atoms with Crippen LogP contribution in [0.5, 0.6) is 0 Å². The van der Waals surface area contributed by atoms with Gasteiger partial charge in [0, 0.05) is 15.6 Å². The van der Waals surface area contributed by atoms with Gasteiger partial charge in [-0.1, -0.05) is 31.9 Å². The van der Waals surface area contributed by atoms with Crippen LogP contribution in [0.15, 0.2) is 0 Å². The minimum atomic E-state index is -0.328. The molecule has 1 N–H and O–H groups in total. The molecule has 6 rings (SSSR count). The molecule has 10 atom stereocenters. The monoisotopic (exact) mass is 318 g/mol.